The summed E-state index contributed by atoms with van der Waals surface area (Å²) in [5.74, 6) is -0.328. The van der Waals surface area contributed by atoms with E-state index in [0.29, 0.717) is 46.9 Å². The molecule has 2 unspecified atom stereocenters. The van der Waals surface area contributed by atoms with Gasteiger partial charge in [-0.05, 0) is 66.9 Å². The van der Waals surface area contributed by atoms with Crippen molar-refractivity contribution in [3.05, 3.63) is 47.3 Å². The number of hydrogen-bond donors (Lipinski definition) is 1. The number of pyridine rings is 1. The Kier molecular flexibility index (Phi) is 10.6. The number of aromatic nitrogens is 2. The average Bonchev–Trinajstić information content (AvgIpc) is 3.79. The van der Waals surface area contributed by atoms with Crippen LogP contribution in [-0.4, -0.2) is 75.5 Å². The van der Waals surface area contributed by atoms with Gasteiger partial charge in [-0.2, -0.15) is 0 Å². The smallest absolute Gasteiger partial charge is 0.310 e. The van der Waals surface area contributed by atoms with E-state index in [1.807, 2.05) is 50.4 Å². The minimum absolute atomic E-state index is 0.0817. The average molecular weight is 772 g/mol. The highest BCUT2D eigenvalue weighted by molar-refractivity contribution is 7.09. The molecule has 3 saturated carbocycles. The second-order valence-corrected chi connectivity index (χ2v) is 18.7. The molecule has 1 aromatic carbocycles. The quantitative estimate of drug-likeness (QED) is 0.122. The predicted molar refractivity (Wildman–Crippen MR) is 209 cm³/mol. The number of ether oxygens (including phenoxy) is 3. The van der Waals surface area contributed by atoms with Gasteiger partial charge in [-0.25, -0.2) is 9.97 Å². The highest BCUT2D eigenvalue weighted by atomic mass is 32.1. The molecule has 1 N–H and O–H groups in total. The molecule has 1 saturated heterocycles. The number of amides is 1. The van der Waals surface area contributed by atoms with Gasteiger partial charge in [0.1, 0.15) is 23.7 Å². The van der Waals surface area contributed by atoms with E-state index in [9.17, 15) is 24.3 Å². The van der Waals surface area contributed by atoms with Crippen LogP contribution in [0.4, 0.5) is 0 Å². The molecule has 294 valence electrons. The minimum atomic E-state index is -1.24. The molecular weight excluding hydrogens is 719 g/mol. The number of carbonyl (C=O) groups excluding carboxylic acids is 3. The third kappa shape index (κ3) is 8.16. The van der Waals surface area contributed by atoms with Crippen LogP contribution in [0.1, 0.15) is 84.6 Å². The number of allylic oxidation sites excluding steroid dienone is 1. The first-order valence-corrected chi connectivity index (χ1v) is 20.4. The fourth-order valence-electron chi connectivity index (χ4n) is 8.73. The van der Waals surface area contributed by atoms with Crippen LogP contribution in [0, 0.1) is 40.4 Å². The number of rotatable bonds is 15. The number of carboxylic acid groups (broad SMARTS) is 1. The first-order chi connectivity index (χ1) is 26.1. The maximum Gasteiger partial charge on any atom is 0.310 e. The van der Waals surface area contributed by atoms with E-state index in [4.69, 9.17) is 24.2 Å². The first-order valence-electron chi connectivity index (χ1n) is 19.6. The number of hydrogen-bond acceptors (Lipinski definition) is 10. The number of thiazole rings is 1. The summed E-state index contributed by atoms with van der Waals surface area (Å²) in [6.45, 7) is 13.9. The molecule has 0 spiro atoms. The number of methoxy groups -OCH3 is 1. The van der Waals surface area contributed by atoms with E-state index < -0.39 is 40.8 Å². The lowest BCUT2D eigenvalue weighted by Crippen LogP contribution is -2.48. The Morgan fingerprint density at radius 1 is 1.05 bits per heavy atom. The van der Waals surface area contributed by atoms with Gasteiger partial charge in [0.15, 0.2) is 5.78 Å². The third-order valence-corrected chi connectivity index (χ3v) is 13.0. The number of benzene rings is 1. The molecule has 2 aromatic heterocycles. The highest BCUT2D eigenvalue weighted by Gasteiger charge is 2.61. The predicted octanol–water partition coefficient (Wildman–Crippen LogP) is 7.54. The van der Waals surface area contributed by atoms with Gasteiger partial charge in [0.25, 0.3) is 0 Å². The lowest BCUT2D eigenvalue weighted by molar-refractivity contribution is -0.157. The van der Waals surface area contributed by atoms with Gasteiger partial charge in [0.2, 0.25) is 5.91 Å². The molecule has 8 atom stereocenters. The van der Waals surface area contributed by atoms with Crippen LogP contribution in [0.2, 0.25) is 0 Å². The summed E-state index contributed by atoms with van der Waals surface area (Å²) in [5, 5.41) is 13.9. The van der Waals surface area contributed by atoms with Crippen LogP contribution >= 0.6 is 11.3 Å². The van der Waals surface area contributed by atoms with Crippen LogP contribution < -0.4 is 9.47 Å². The number of Topliss-reactive ketones (excluding diaryl/α,β-unsaturated/α-hetero) is 1. The summed E-state index contributed by atoms with van der Waals surface area (Å²) in [7, 11) is 1.59. The molecule has 1 aliphatic heterocycles. The van der Waals surface area contributed by atoms with Crippen molar-refractivity contribution in [1.29, 1.82) is 0 Å². The summed E-state index contributed by atoms with van der Waals surface area (Å²) >= 11 is 1.58. The summed E-state index contributed by atoms with van der Waals surface area (Å²) < 4.78 is 18.2. The Labute approximate surface area is 326 Å². The normalized spacial score (nSPS) is 27.4. The lowest BCUT2D eigenvalue weighted by atomic mass is 9.77. The van der Waals surface area contributed by atoms with E-state index in [1.54, 1.807) is 24.5 Å². The molecule has 4 aliphatic rings. The SMILES string of the molecule is C=CC1C[C@]1(CC(=O)[C@@H]1C[C@@H](Oc2cc(-c3csc(CC(C)C)n3)nc3cc(OC)ccc23)CN1C(=O)[C@@H](CC(=O)OC1C[C@@H]2C[C@@H]2C1)C(C)(C)C)C(=O)O. The number of likely N-dealkylation sites (tertiary alicyclic amines) is 1. The monoisotopic (exact) mass is 771 g/mol. The Morgan fingerprint density at radius 3 is 2.44 bits per heavy atom. The van der Waals surface area contributed by atoms with Crippen LogP contribution in [0.15, 0.2) is 42.3 Å². The Morgan fingerprint density at radius 2 is 1.80 bits per heavy atom. The van der Waals surface area contributed by atoms with E-state index in [2.05, 4.69) is 20.4 Å². The van der Waals surface area contributed by atoms with Crippen molar-refractivity contribution < 1.29 is 38.5 Å². The summed E-state index contributed by atoms with van der Waals surface area (Å²) in [6, 6.07) is 6.45. The maximum atomic E-state index is 14.7. The Balaban J connectivity index is 1.19. The number of nitrogens with zero attached hydrogens (tertiary/aromatic N) is 3. The number of carbonyl (C=O) groups is 4. The zero-order chi connectivity index (χ0) is 39.4. The molecule has 0 radical (unpaired) electrons. The molecule has 12 heteroatoms. The van der Waals surface area contributed by atoms with Gasteiger partial charge in [0, 0.05) is 42.2 Å². The van der Waals surface area contributed by atoms with Crippen molar-refractivity contribution in [2.24, 2.45) is 40.4 Å². The molecule has 11 nitrogen and oxygen atoms in total. The van der Waals surface area contributed by atoms with Gasteiger partial charge >= 0.3 is 11.9 Å². The topological polar surface area (TPSA) is 145 Å². The van der Waals surface area contributed by atoms with E-state index in [-0.39, 0.29) is 49.5 Å². The molecular formula is C43H53N3O8S. The summed E-state index contributed by atoms with van der Waals surface area (Å²) in [6.07, 6.45) is 4.83. The second kappa shape index (κ2) is 15.0. The lowest BCUT2D eigenvalue weighted by Gasteiger charge is -2.35. The second-order valence-electron chi connectivity index (χ2n) is 17.7. The number of aliphatic carboxylic acids is 1. The van der Waals surface area contributed by atoms with Gasteiger partial charge < -0.3 is 24.2 Å². The van der Waals surface area contributed by atoms with Crippen LogP contribution in [0.25, 0.3) is 22.3 Å². The van der Waals surface area contributed by atoms with Gasteiger partial charge in [-0.3, -0.25) is 19.2 Å². The van der Waals surface area contributed by atoms with Crippen LogP contribution in [0.5, 0.6) is 11.5 Å². The fourth-order valence-corrected chi connectivity index (χ4v) is 9.73. The molecule has 3 heterocycles. The van der Waals surface area contributed by atoms with Crippen LogP contribution in [0.3, 0.4) is 0 Å². The van der Waals surface area contributed by atoms with Crippen molar-refractivity contribution in [2.75, 3.05) is 13.7 Å². The zero-order valence-electron chi connectivity index (χ0n) is 32.7. The number of ketones is 1. The van der Waals surface area contributed by atoms with Crippen molar-refractivity contribution in [3.8, 4) is 22.9 Å². The van der Waals surface area contributed by atoms with Gasteiger partial charge in [-0.1, -0.05) is 40.7 Å². The van der Waals surface area contributed by atoms with Crippen molar-refractivity contribution in [3.63, 3.8) is 0 Å². The standard InChI is InChI=1S/C43H53N3O8S/c1-8-26-19-43(26,41(50)51)20-36(47)35-16-29(21-46(35)40(49)31(42(4,5)6)17-39(48)54-28-13-24-12-25(24)14-28)53-37-18-33(34-22-55-38(45-34)11-23(2)3)44-32-15-27(52-7)9-10-30(32)37/h8-10,15,18,22-26,28-29,31,35H,1,11-14,16-17,19-21H2,2-7H3,(H,50,51)/t24-,25+,26?,28?,29-,31-,35+,43-/m1/s1. The van der Waals surface area contributed by atoms with Crippen molar-refractivity contribution in [2.45, 2.75) is 104 Å². The van der Waals surface area contributed by atoms with Gasteiger partial charge in [0.05, 0.1) is 59.4 Å². The zero-order valence-corrected chi connectivity index (χ0v) is 33.5. The summed E-state index contributed by atoms with van der Waals surface area (Å²) in [5.41, 5.74) is 0.117. The van der Waals surface area contributed by atoms with Crippen molar-refractivity contribution in [1.82, 2.24) is 14.9 Å². The largest absolute Gasteiger partial charge is 0.497 e. The Hall–Kier alpha value is -4.32. The van der Waals surface area contributed by atoms with Gasteiger partial charge in [-0.15, -0.1) is 17.9 Å². The molecule has 55 heavy (non-hydrogen) atoms. The Bertz CT molecular complexity index is 1990. The molecule has 0 bridgehead atoms. The number of esters is 1. The van der Waals surface area contributed by atoms with E-state index in [0.717, 1.165) is 35.4 Å². The van der Waals surface area contributed by atoms with E-state index in [1.165, 1.54) is 11.3 Å². The van der Waals surface area contributed by atoms with E-state index >= 15 is 0 Å². The first kappa shape index (κ1) is 38.9. The van der Waals surface area contributed by atoms with Crippen LogP contribution in [-0.2, 0) is 30.3 Å². The highest BCUT2D eigenvalue weighted by Crippen LogP contribution is 2.57. The molecule has 3 aromatic rings. The fraction of sp³-hybridized carbons (Fsp3) is 0.581. The number of fused-ring (bicyclic) bond motifs is 2. The minimum Gasteiger partial charge on any atom is -0.497 e. The molecule has 3 aliphatic carbocycles. The van der Waals surface area contributed by atoms with Crippen molar-refractivity contribution >= 4 is 45.9 Å². The summed E-state index contributed by atoms with van der Waals surface area (Å²) in [4.78, 5) is 66.1. The molecule has 4 fully saturated rings. The third-order valence-electron chi connectivity index (χ3n) is 12.1. The molecule has 7 rings (SSSR count). The maximum absolute atomic E-state index is 14.7. The number of carboxylic acids is 1. The molecule has 1 amide bonds.